The molecule has 0 rings (SSSR count). The van der Waals surface area contributed by atoms with Crippen LogP contribution in [-0.4, -0.2) is 56.5 Å². The molecule has 0 bridgehead atoms. The summed E-state index contributed by atoms with van der Waals surface area (Å²) in [5.74, 6) is -0.577. The van der Waals surface area contributed by atoms with Gasteiger partial charge >= 0.3 is 5.97 Å². The van der Waals surface area contributed by atoms with Gasteiger partial charge in [-0.3, -0.25) is 4.57 Å². The number of nitrogens with zero attached hydrogens (tertiary/aromatic N) is 1. The molecule has 0 aliphatic heterocycles. The third kappa shape index (κ3) is 11.1. The highest BCUT2D eigenvalue weighted by Gasteiger charge is 2.24. The first kappa shape index (κ1) is 25.3. The van der Waals surface area contributed by atoms with Gasteiger partial charge in [0.05, 0.1) is 39.4 Å². The molecule has 0 saturated heterocycles. The molecular weight excluding hydrogens is 357 g/mol. The van der Waals surface area contributed by atoms with Gasteiger partial charge in [0.15, 0.2) is 0 Å². The average molecular weight is 393 g/mol. The lowest BCUT2D eigenvalue weighted by Gasteiger charge is -2.38. The molecule has 0 fully saturated rings. The predicted molar refractivity (Wildman–Crippen MR) is 101 cm³/mol. The Bertz CT molecular complexity index is 452. The molecule has 1 atom stereocenters. The van der Waals surface area contributed by atoms with E-state index in [9.17, 15) is 14.3 Å². The van der Waals surface area contributed by atoms with Crippen molar-refractivity contribution in [3.05, 3.63) is 12.2 Å². The lowest BCUT2D eigenvalue weighted by molar-refractivity contribution is -0.928. The van der Waals surface area contributed by atoms with Crippen LogP contribution in [0, 0.1) is 0 Å². The van der Waals surface area contributed by atoms with E-state index in [1.165, 1.54) is 6.92 Å². The summed E-state index contributed by atoms with van der Waals surface area (Å²) in [4.78, 5) is 22.9. The molecule has 0 aromatic carbocycles. The number of hydrogen-bond donors (Lipinski definition) is 0. The molecule has 26 heavy (non-hydrogen) atoms. The first-order valence-corrected chi connectivity index (χ1v) is 11.0. The van der Waals surface area contributed by atoms with Gasteiger partial charge in [0.1, 0.15) is 6.61 Å². The molecule has 0 radical (unpaired) electrons. The predicted octanol–water partition coefficient (Wildman–Crippen LogP) is 3.04. The molecule has 0 saturated carbocycles. The Morgan fingerprint density at radius 1 is 0.962 bits per heavy atom. The summed E-state index contributed by atoms with van der Waals surface area (Å²) in [6.45, 7) is 15.3. The van der Waals surface area contributed by atoms with Crippen molar-refractivity contribution < 1.29 is 32.5 Å². The Kier molecular flexibility index (Phi) is 13.1. The second kappa shape index (κ2) is 13.4. The molecule has 0 aliphatic carbocycles. The van der Waals surface area contributed by atoms with Crippen LogP contribution in [0.3, 0.4) is 0 Å². The third-order valence-corrected chi connectivity index (χ3v) is 5.03. The minimum Gasteiger partial charge on any atom is -0.756 e. The van der Waals surface area contributed by atoms with Crippen LogP contribution in [0.4, 0.5) is 0 Å². The van der Waals surface area contributed by atoms with Gasteiger partial charge in [0.2, 0.25) is 0 Å². The molecule has 8 heteroatoms. The van der Waals surface area contributed by atoms with Gasteiger partial charge in [0, 0.05) is 12.0 Å². The van der Waals surface area contributed by atoms with E-state index in [1.807, 2.05) is 0 Å². The van der Waals surface area contributed by atoms with Crippen molar-refractivity contribution in [2.75, 3.05) is 46.0 Å². The van der Waals surface area contributed by atoms with Crippen molar-refractivity contribution in [3.63, 3.8) is 0 Å². The Labute approximate surface area is 158 Å². The maximum Gasteiger partial charge on any atom is 0.333 e. The van der Waals surface area contributed by atoms with Crippen LogP contribution in [0.25, 0.3) is 0 Å². The molecule has 0 amide bonds. The quantitative estimate of drug-likeness (QED) is 0.132. The van der Waals surface area contributed by atoms with Crippen LogP contribution in [-0.2, 0) is 23.1 Å². The van der Waals surface area contributed by atoms with Crippen molar-refractivity contribution >= 4 is 13.8 Å². The van der Waals surface area contributed by atoms with Gasteiger partial charge in [-0.05, 0) is 26.2 Å². The first-order chi connectivity index (χ1) is 12.2. The van der Waals surface area contributed by atoms with Crippen LogP contribution in [0.15, 0.2) is 12.2 Å². The van der Waals surface area contributed by atoms with E-state index in [0.29, 0.717) is 6.42 Å². The minimum absolute atomic E-state index is 0.101. The number of carbonyl (C=O) groups is 1. The topological polar surface area (TPSA) is 84.9 Å². The second-order valence-electron chi connectivity index (χ2n) is 6.62. The fourth-order valence-corrected chi connectivity index (χ4v) is 3.84. The molecule has 154 valence electrons. The van der Waals surface area contributed by atoms with E-state index >= 15 is 0 Å². The number of ether oxygens (including phenoxy) is 1. The Morgan fingerprint density at radius 2 is 1.46 bits per heavy atom. The summed E-state index contributed by atoms with van der Waals surface area (Å²) in [5.41, 5.74) is 0.249. The van der Waals surface area contributed by atoms with Crippen LogP contribution < -0.4 is 4.89 Å². The van der Waals surface area contributed by atoms with E-state index in [2.05, 4.69) is 27.4 Å². The van der Waals surface area contributed by atoms with Gasteiger partial charge < -0.3 is 23.2 Å². The number of rotatable bonds is 16. The molecule has 0 aliphatic rings. The zero-order chi connectivity index (χ0) is 20.1. The minimum atomic E-state index is -4.38. The first-order valence-electron chi connectivity index (χ1n) is 9.49. The largest absolute Gasteiger partial charge is 0.756 e. The summed E-state index contributed by atoms with van der Waals surface area (Å²) in [5, 5.41) is 0. The van der Waals surface area contributed by atoms with E-state index in [4.69, 9.17) is 13.8 Å². The molecule has 0 heterocycles. The standard InChI is InChI=1S/C18H36NO6P/c1-6-10-19(11-7-2,12-8-3)13-9-14-24-26(21,22)25-16-15-23-18(20)17(4)5/h4,6-16H2,1-3,5H3. The van der Waals surface area contributed by atoms with Crippen molar-refractivity contribution in [1.82, 2.24) is 0 Å². The lowest BCUT2D eigenvalue weighted by Crippen LogP contribution is -2.50. The third-order valence-electron chi connectivity index (χ3n) is 4.03. The summed E-state index contributed by atoms with van der Waals surface area (Å²) in [7, 11) is -4.38. The van der Waals surface area contributed by atoms with Crippen LogP contribution in [0.5, 0.6) is 0 Å². The highest BCUT2D eigenvalue weighted by Crippen LogP contribution is 2.38. The average Bonchev–Trinajstić information content (AvgIpc) is 2.56. The molecule has 0 spiro atoms. The summed E-state index contributed by atoms with van der Waals surface area (Å²) < 4.78 is 27.1. The number of carbonyl (C=O) groups excluding carboxylic acids is 1. The molecular formula is C18H36NO6P. The maximum absolute atomic E-state index is 11.7. The number of esters is 1. The Balaban J connectivity index is 4.22. The van der Waals surface area contributed by atoms with Crippen LogP contribution in [0.1, 0.15) is 53.4 Å². The molecule has 0 aromatic rings. The molecule has 1 unspecified atom stereocenters. The SMILES string of the molecule is C=C(C)C(=O)OCCOP(=O)([O-])OCCC[N+](CCC)(CCC)CCC. The van der Waals surface area contributed by atoms with Crippen molar-refractivity contribution in [2.24, 2.45) is 0 Å². The number of phosphoric acid groups is 1. The lowest BCUT2D eigenvalue weighted by atomic mass is 10.2. The van der Waals surface area contributed by atoms with E-state index in [1.54, 1.807) is 0 Å². The van der Waals surface area contributed by atoms with Crippen LogP contribution in [0.2, 0.25) is 0 Å². The summed E-state index contributed by atoms with van der Waals surface area (Å²) in [6, 6.07) is 0. The Morgan fingerprint density at radius 3 is 1.92 bits per heavy atom. The number of phosphoric ester groups is 1. The van der Waals surface area contributed by atoms with E-state index in [0.717, 1.165) is 49.9 Å². The zero-order valence-corrected chi connectivity index (χ0v) is 17.7. The smallest absolute Gasteiger partial charge is 0.333 e. The van der Waals surface area contributed by atoms with Crippen molar-refractivity contribution in [2.45, 2.75) is 53.4 Å². The van der Waals surface area contributed by atoms with Crippen molar-refractivity contribution in [3.8, 4) is 0 Å². The monoisotopic (exact) mass is 393 g/mol. The van der Waals surface area contributed by atoms with Gasteiger partial charge in [0.25, 0.3) is 7.82 Å². The number of hydrogen-bond acceptors (Lipinski definition) is 6. The van der Waals surface area contributed by atoms with Gasteiger partial charge in [-0.25, -0.2) is 4.79 Å². The van der Waals surface area contributed by atoms with Crippen molar-refractivity contribution in [1.29, 1.82) is 0 Å². The highest BCUT2D eigenvalue weighted by molar-refractivity contribution is 7.45. The number of quaternary nitrogens is 1. The van der Waals surface area contributed by atoms with Gasteiger partial charge in [-0.1, -0.05) is 27.4 Å². The zero-order valence-electron chi connectivity index (χ0n) is 16.8. The Hall–Kier alpha value is -0.720. The fourth-order valence-electron chi connectivity index (χ4n) is 3.11. The van der Waals surface area contributed by atoms with Crippen LogP contribution >= 0.6 is 7.82 Å². The summed E-state index contributed by atoms with van der Waals surface area (Å²) in [6.07, 6.45) is 3.97. The normalized spacial score (nSPS) is 14.0. The molecule has 0 aromatic heterocycles. The highest BCUT2D eigenvalue weighted by atomic mass is 31.2. The van der Waals surface area contributed by atoms with E-state index in [-0.39, 0.29) is 25.4 Å². The van der Waals surface area contributed by atoms with Gasteiger partial charge in [-0.2, -0.15) is 0 Å². The second-order valence-corrected chi connectivity index (χ2v) is 8.03. The summed E-state index contributed by atoms with van der Waals surface area (Å²) >= 11 is 0. The molecule has 7 nitrogen and oxygen atoms in total. The molecule has 0 N–H and O–H groups in total. The van der Waals surface area contributed by atoms with E-state index < -0.39 is 13.8 Å². The fraction of sp³-hybridized carbons (Fsp3) is 0.833. The van der Waals surface area contributed by atoms with Gasteiger partial charge in [-0.15, -0.1) is 0 Å². The maximum atomic E-state index is 11.7.